The topological polar surface area (TPSA) is 17.1 Å². The Morgan fingerprint density at radius 2 is 1.30 bits per heavy atom. The second-order valence-electron chi connectivity index (χ2n) is 9.31. The van der Waals surface area contributed by atoms with E-state index in [1.807, 2.05) is 60.7 Å². The third-order valence-corrected chi connectivity index (χ3v) is 7.56. The SMILES string of the molecule is CC(C)(C)c1ccc(Sc2cccc3c2C(=S)c2cccc(-c4ccccc4)c2C3=O)cc1. The highest BCUT2D eigenvalue weighted by Crippen LogP contribution is 2.40. The fourth-order valence-electron chi connectivity index (χ4n) is 4.30. The van der Waals surface area contributed by atoms with E-state index in [0.717, 1.165) is 36.9 Å². The number of hydrogen-bond donors (Lipinski definition) is 0. The molecule has 0 unspecified atom stereocenters. The van der Waals surface area contributed by atoms with E-state index in [2.05, 4.69) is 51.1 Å². The number of fused-ring (bicyclic) bond motifs is 2. The molecule has 1 nitrogen and oxygen atoms in total. The van der Waals surface area contributed by atoms with Crippen molar-refractivity contribution in [3.05, 3.63) is 119 Å². The predicted molar refractivity (Wildman–Crippen MR) is 142 cm³/mol. The van der Waals surface area contributed by atoms with Crippen molar-refractivity contribution in [1.82, 2.24) is 0 Å². The Bertz CT molecular complexity index is 1380. The lowest BCUT2D eigenvalue weighted by Crippen LogP contribution is -2.22. The monoisotopic (exact) mass is 464 g/mol. The molecule has 1 aliphatic carbocycles. The summed E-state index contributed by atoms with van der Waals surface area (Å²) in [6, 6.07) is 30.6. The summed E-state index contributed by atoms with van der Waals surface area (Å²) in [7, 11) is 0. The molecule has 3 heteroatoms. The van der Waals surface area contributed by atoms with Crippen LogP contribution in [0.3, 0.4) is 0 Å². The molecule has 0 saturated carbocycles. The van der Waals surface area contributed by atoms with Crippen LogP contribution in [0.1, 0.15) is 53.4 Å². The Kier molecular flexibility index (Phi) is 5.55. The van der Waals surface area contributed by atoms with Gasteiger partial charge in [-0.15, -0.1) is 0 Å². The summed E-state index contributed by atoms with van der Waals surface area (Å²) in [5, 5.41) is 0. The van der Waals surface area contributed by atoms with Gasteiger partial charge in [-0.2, -0.15) is 0 Å². The molecule has 0 aliphatic heterocycles. The number of carbonyl (C=O) groups excluding carboxylic acids is 1. The van der Waals surface area contributed by atoms with E-state index in [0.29, 0.717) is 11.1 Å². The average Bonchev–Trinajstić information content (AvgIpc) is 2.82. The molecule has 0 saturated heterocycles. The second kappa shape index (κ2) is 8.40. The molecular formula is C30H24OS2. The maximum atomic E-state index is 13.7. The van der Waals surface area contributed by atoms with Gasteiger partial charge in [-0.25, -0.2) is 0 Å². The first-order chi connectivity index (χ1) is 15.8. The van der Waals surface area contributed by atoms with E-state index in [1.165, 1.54) is 5.56 Å². The van der Waals surface area contributed by atoms with Gasteiger partial charge < -0.3 is 0 Å². The molecule has 33 heavy (non-hydrogen) atoms. The molecule has 0 radical (unpaired) electrons. The molecular weight excluding hydrogens is 440 g/mol. The zero-order valence-electron chi connectivity index (χ0n) is 18.9. The normalized spacial score (nSPS) is 12.9. The minimum atomic E-state index is 0.0404. The van der Waals surface area contributed by atoms with E-state index in [-0.39, 0.29) is 11.2 Å². The highest BCUT2D eigenvalue weighted by atomic mass is 32.2. The van der Waals surface area contributed by atoms with Crippen molar-refractivity contribution in [2.75, 3.05) is 0 Å². The van der Waals surface area contributed by atoms with Crippen molar-refractivity contribution in [3.8, 4) is 11.1 Å². The first kappa shape index (κ1) is 21.8. The standard InChI is InChI=1S/C30H24OS2/c1-30(2,3)20-15-17-21(18-16-20)33-25-14-8-12-23-27(25)29(32)24-13-7-11-22(26(24)28(23)31)19-9-5-4-6-10-19/h4-18H,1-3H3. The Morgan fingerprint density at radius 1 is 0.667 bits per heavy atom. The first-order valence-corrected chi connectivity index (χ1v) is 12.3. The molecule has 0 spiro atoms. The summed E-state index contributed by atoms with van der Waals surface area (Å²) in [6.45, 7) is 6.65. The molecule has 0 bridgehead atoms. The van der Waals surface area contributed by atoms with Crippen molar-refractivity contribution < 1.29 is 4.79 Å². The summed E-state index contributed by atoms with van der Waals surface area (Å²) in [5.41, 5.74) is 6.49. The van der Waals surface area contributed by atoms with Crippen LogP contribution in [0.25, 0.3) is 11.1 Å². The fraction of sp³-hybridized carbons (Fsp3) is 0.133. The number of benzene rings is 4. The smallest absolute Gasteiger partial charge is 0.195 e. The van der Waals surface area contributed by atoms with Gasteiger partial charge >= 0.3 is 0 Å². The van der Waals surface area contributed by atoms with Crippen LogP contribution in [0.15, 0.2) is 101 Å². The minimum Gasteiger partial charge on any atom is -0.289 e. The maximum Gasteiger partial charge on any atom is 0.195 e. The summed E-state index contributed by atoms with van der Waals surface area (Å²) in [5.74, 6) is 0.0404. The number of hydrogen-bond acceptors (Lipinski definition) is 3. The summed E-state index contributed by atoms with van der Waals surface area (Å²) >= 11 is 7.65. The summed E-state index contributed by atoms with van der Waals surface area (Å²) in [4.78, 5) is 16.6. The molecule has 0 N–H and O–H groups in total. The van der Waals surface area contributed by atoms with Crippen LogP contribution in [0.5, 0.6) is 0 Å². The van der Waals surface area contributed by atoms with E-state index in [4.69, 9.17) is 12.2 Å². The molecule has 0 atom stereocenters. The Labute approximate surface area is 204 Å². The second-order valence-corrected chi connectivity index (χ2v) is 10.8. The van der Waals surface area contributed by atoms with Crippen LogP contribution >= 0.6 is 24.0 Å². The molecule has 4 aromatic carbocycles. The van der Waals surface area contributed by atoms with Crippen molar-refractivity contribution in [2.45, 2.75) is 36.0 Å². The largest absolute Gasteiger partial charge is 0.289 e. The van der Waals surface area contributed by atoms with Crippen molar-refractivity contribution in [2.24, 2.45) is 0 Å². The van der Waals surface area contributed by atoms with Crippen LogP contribution in [-0.2, 0) is 5.41 Å². The molecule has 0 aromatic heterocycles. The molecule has 0 amide bonds. The molecule has 4 aromatic rings. The molecule has 0 heterocycles. The average molecular weight is 465 g/mol. The summed E-state index contributed by atoms with van der Waals surface area (Å²) < 4.78 is 0. The predicted octanol–water partition coefficient (Wildman–Crippen LogP) is 8.11. The van der Waals surface area contributed by atoms with Crippen LogP contribution in [0.4, 0.5) is 0 Å². The number of rotatable bonds is 3. The Morgan fingerprint density at radius 3 is 2.00 bits per heavy atom. The van der Waals surface area contributed by atoms with Crippen molar-refractivity contribution in [3.63, 3.8) is 0 Å². The highest BCUT2D eigenvalue weighted by molar-refractivity contribution is 7.99. The lowest BCUT2D eigenvalue weighted by atomic mass is 9.81. The number of ketones is 1. The van der Waals surface area contributed by atoms with Crippen LogP contribution < -0.4 is 0 Å². The van der Waals surface area contributed by atoms with E-state index in [9.17, 15) is 4.79 Å². The summed E-state index contributed by atoms with van der Waals surface area (Å²) in [6.07, 6.45) is 0. The van der Waals surface area contributed by atoms with Gasteiger partial charge in [0.15, 0.2) is 5.78 Å². The van der Waals surface area contributed by atoms with Gasteiger partial charge in [-0.3, -0.25) is 4.79 Å². The van der Waals surface area contributed by atoms with Gasteiger partial charge in [0.1, 0.15) is 0 Å². The van der Waals surface area contributed by atoms with E-state index >= 15 is 0 Å². The third kappa shape index (κ3) is 3.96. The lowest BCUT2D eigenvalue weighted by Gasteiger charge is -2.24. The van der Waals surface area contributed by atoms with Crippen molar-refractivity contribution in [1.29, 1.82) is 0 Å². The highest BCUT2D eigenvalue weighted by Gasteiger charge is 2.31. The van der Waals surface area contributed by atoms with Gasteiger partial charge in [-0.1, -0.05) is 118 Å². The first-order valence-electron chi connectivity index (χ1n) is 11.0. The Hall–Kier alpha value is -3.01. The molecule has 5 rings (SSSR count). The minimum absolute atomic E-state index is 0.0404. The van der Waals surface area contributed by atoms with Crippen LogP contribution in [-0.4, -0.2) is 10.6 Å². The third-order valence-electron chi connectivity index (χ3n) is 6.07. The quantitative estimate of drug-likeness (QED) is 0.251. The van der Waals surface area contributed by atoms with Gasteiger partial charge in [0.05, 0.1) is 4.86 Å². The molecule has 162 valence electrons. The van der Waals surface area contributed by atoms with Crippen molar-refractivity contribution >= 4 is 34.6 Å². The lowest BCUT2D eigenvalue weighted by molar-refractivity contribution is 0.103. The Balaban J connectivity index is 1.58. The number of thiocarbonyl (C=S) groups is 1. The van der Waals surface area contributed by atoms with E-state index < -0.39 is 0 Å². The zero-order valence-corrected chi connectivity index (χ0v) is 20.5. The van der Waals surface area contributed by atoms with Gasteiger partial charge in [-0.05, 0) is 40.3 Å². The maximum absolute atomic E-state index is 13.7. The van der Waals surface area contributed by atoms with E-state index in [1.54, 1.807) is 11.8 Å². The van der Waals surface area contributed by atoms with Crippen LogP contribution in [0.2, 0.25) is 0 Å². The van der Waals surface area contributed by atoms with Gasteiger partial charge in [0.25, 0.3) is 0 Å². The fourth-order valence-corrected chi connectivity index (χ4v) is 5.74. The van der Waals surface area contributed by atoms with Gasteiger partial charge in [0.2, 0.25) is 0 Å². The number of carbonyl (C=O) groups is 1. The van der Waals surface area contributed by atoms with Crippen LogP contribution in [0, 0.1) is 0 Å². The van der Waals surface area contributed by atoms with Gasteiger partial charge in [0, 0.05) is 32.0 Å². The zero-order chi connectivity index (χ0) is 23.2. The molecule has 1 aliphatic rings. The molecule has 0 fully saturated rings.